The third-order valence-electron chi connectivity index (χ3n) is 3.49. The fraction of sp³-hybridized carbons (Fsp3) is 0.733. The molecule has 0 saturated carbocycles. The van der Waals surface area contributed by atoms with E-state index in [0.29, 0.717) is 24.6 Å². The summed E-state index contributed by atoms with van der Waals surface area (Å²) in [5.41, 5.74) is 2.09. The van der Waals surface area contributed by atoms with Crippen molar-refractivity contribution in [3.8, 4) is 0 Å². The summed E-state index contributed by atoms with van der Waals surface area (Å²) >= 11 is 0. The largest absolute Gasteiger partial charge is 0.376 e. The summed E-state index contributed by atoms with van der Waals surface area (Å²) in [7, 11) is 0. The van der Waals surface area contributed by atoms with Crippen LogP contribution < -0.4 is 10.6 Å². The summed E-state index contributed by atoms with van der Waals surface area (Å²) in [6, 6.07) is 2.04. The van der Waals surface area contributed by atoms with Crippen molar-refractivity contribution in [2.45, 2.75) is 45.6 Å². The number of hydrogen-bond donors (Lipinski definition) is 2. The maximum Gasteiger partial charge on any atom is 0.223 e. The number of anilines is 1. The Hall–Kier alpha value is -1.20. The Balaban J connectivity index is 1.75. The fourth-order valence-corrected chi connectivity index (χ4v) is 2.32. The fourth-order valence-electron chi connectivity index (χ4n) is 2.32. The maximum absolute atomic E-state index is 5.85. The van der Waals surface area contributed by atoms with E-state index in [1.807, 2.05) is 13.0 Å². The van der Waals surface area contributed by atoms with Crippen LogP contribution in [0.15, 0.2) is 6.07 Å². The standard InChI is InChI=1S/C15H26N4O/c1-11(2)14-10-12(3)18-15(19-14)17-8-9-20-13-4-6-16-7-5-13/h10-11,13,16H,4-9H2,1-3H3,(H,17,18,19). The molecule has 5 nitrogen and oxygen atoms in total. The van der Waals surface area contributed by atoms with E-state index in [1.165, 1.54) is 0 Å². The molecule has 1 aromatic rings. The van der Waals surface area contributed by atoms with Gasteiger partial charge in [-0.25, -0.2) is 9.97 Å². The molecule has 0 aliphatic carbocycles. The number of hydrogen-bond acceptors (Lipinski definition) is 5. The van der Waals surface area contributed by atoms with E-state index in [2.05, 4.69) is 34.4 Å². The van der Waals surface area contributed by atoms with Gasteiger partial charge in [0.25, 0.3) is 0 Å². The van der Waals surface area contributed by atoms with Gasteiger partial charge < -0.3 is 15.4 Å². The second-order valence-electron chi connectivity index (χ2n) is 5.66. The van der Waals surface area contributed by atoms with Gasteiger partial charge in [0.1, 0.15) is 0 Å². The van der Waals surface area contributed by atoms with E-state index < -0.39 is 0 Å². The Morgan fingerprint density at radius 2 is 2.10 bits per heavy atom. The van der Waals surface area contributed by atoms with Crippen molar-refractivity contribution in [2.24, 2.45) is 0 Å². The SMILES string of the molecule is Cc1cc(C(C)C)nc(NCCOC2CCNCC2)n1. The van der Waals surface area contributed by atoms with Crippen LogP contribution in [0.3, 0.4) is 0 Å². The van der Waals surface area contributed by atoms with Crippen molar-refractivity contribution in [1.82, 2.24) is 15.3 Å². The zero-order valence-electron chi connectivity index (χ0n) is 12.8. The number of rotatable bonds is 6. The maximum atomic E-state index is 5.85. The molecule has 1 fully saturated rings. The van der Waals surface area contributed by atoms with Crippen molar-refractivity contribution in [1.29, 1.82) is 0 Å². The van der Waals surface area contributed by atoms with Crippen LogP contribution >= 0.6 is 0 Å². The molecular weight excluding hydrogens is 252 g/mol. The predicted molar refractivity (Wildman–Crippen MR) is 81.2 cm³/mol. The van der Waals surface area contributed by atoms with Crippen LogP contribution in [-0.4, -0.2) is 42.3 Å². The van der Waals surface area contributed by atoms with Crippen molar-refractivity contribution < 1.29 is 4.74 Å². The zero-order valence-corrected chi connectivity index (χ0v) is 12.8. The number of ether oxygens (including phenoxy) is 1. The molecule has 0 unspecified atom stereocenters. The van der Waals surface area contributed by atoms with Gasteiger partial charge in [-0.1, -0.05) is 13.8 Å². The van der Waals surface area contributed by atoms with E-state index in [1.54, 1.807) is 0 Å². The zero-order chi connectivity index (χ0) is 14.4. The van der Waals surface area contributed by atoms with Crippen molar-refractivity contribution in [2.75, 3.05) is 31.6 Å². The lowest BCUT2D eigenvalue weighted by atomic mass is 10.1. The molecule has 0 aromatic carbocycles. The minimum atomic E-state index is 0.405. The van der Waals surface area contributed by atoms with Gasteiger partial charge in [0.2, 0.25) is 5.95 Å². The summed E-state index contributed by atoms with van der Waals surface area (Å²) in [6.07, 6.45) is 2.62. The monoisotopic (exact) mass is 278 g/mol. The number of aromatic nitrogens is 2. The lowest BCUT2D eigenvalue weighted by Gasteiger charge is -2.23. The van der Waals surface area contributed by atoms with Crippen LogP contribution in [-0.2, 0) is 4.74 Å². The van der Waals surface area contributed by atoms with Crippen molar-refractivity contribution in [3.05, 3.63) is 17.5 Å². The first-order valence-corrected chi connectivity index (χ1v) is 7.57. The Bertz CT molecular complexity index is 416. The molecule has 0 radical (unpaired) electrons. The van der Waals surface area contributed by atoms with Crippen LogP contribution in [0.25, 0.3) is 0 Å². The smallest absolute Gasteiger partial charge is 0.223 e. The number of nitrogens with one attached hydrogen (secondary N) is 2. The Labute approximate surface area is 121 Å². The van der Waals surface area contributed by atoms with Crippen LogP contribution in [0.1, 0.15) is 44.0 Å². The number of nitrogens with zero attached hydrogens (tertiary/aromatic N) is 2. The van der Waals surface area contributed by atoms with Crippen molar-refractivity contribution >= 4 is 5.95 Å². The van der Waals surface area contributed by atoms with Gasteiger partial charge in [0.15, 0.2) is 0 Å². The Morgan fingerprint density at radius 1 is 1.35 bits per heavy atom. The van der Waals surface area contributed by atoms with Crippen molar-refractivity contribution in [3.63, 3.8) is 0 Å². The van der Waals surface area contributed by atoms with Crippen LogP contribution in [0.2, 0.25) is 0 Å². The first-order chi connectivity index (χ1) is 9.65. The lowest BCUT2D eigenvalue weighted by Crippen LogP contribution is -2.33. The van der Waals surface area contributed by atoms with Gasteiger partial charge in [0.05, 0.1) is 12.7 Å². The highest BCUT2D eigenvalue weighted by Crippen LogP contribution is 2.14. The average Bonchev–Trinajstić information content (AvgIpc) is 2.44. The first-order valence-electron chi connectivity index (χ1n) is 7.57. The summed E-state index contributed by atoms with van der Waals surface area (Å²) in [5, 5.41) is 6.60. The number of piperidine rings is 1. The van der Waals surface area contributed by atoms with E-state index >= 15 is 0 Å². The second kappa shape index (κ2) is 7.55. The molecule has 0 bridgehead atoms. The summed E-state index contributed by atoms with van der Waals surface area (Å²) < 4.78 is 5.85. The topological polar surface area (TPSA) is 59.1 Å². The first kappa shape index (κ1) is 15.2. The Morgan fingerprint density at radius 3 is 2.80 bits per heavy atom. The van der Waals surface area contributed by atoms with E-state index in [0.717, 1.165) is 43.9 Å². The quantitative estimate of drug-likeness (QED) is 0.780. The molecule has 2 heterocycles. The predicted octanol–water partition coefficient (Wildman–Crippen LogP) is 2.09. The third-order valence-corrected chi connectivity index (χ3v) is 3.49. The average molecular weight is 278 g/mol. The summed E-state index contributed by atoms with van der Waals surface area (Å²) in [4.78, 5) is 8.94. The number of aryl methyl sites for hydroxylation is 1. The van der Waals surface area contributed by atoms with Gasteiger partial charge in [-0.05, 0) is 44.8 Å². The molecule has 1 aromatic heterocycles. The summed E-state index contributed by atoms with van der Waals surface area (Å²) in [6.45, 7) is 9.89. The van der Waals surface area contributed by atoms with Gasteiger partial charge in [0, 0.05) is 17.9 Å². The van der Waals surface area contributed by atoms with Crippen LogP contribution in [0.4, 0.5) is 5.95 Å². The molecule has 2 rings (SSSR count). The minimum absolute atomic E-state index is 0.405. The van der Waals surface area contributed by atoms with Gasteiger partial charge >= 0.3 is 0 Å². The molecule has 1 saturated heterocycles. The van der Waals surface area contributed by atoms with Gasteiger partial charge in [-0.15, -0.1) is 0 Å². The molecule has 2 N–H and O–H groups in total. The van der Waals surface area contributed by atoms with Crippen LogP contribution in [0.5, 0.6) is 0 Å². The molecule has 1 aliphatic rings. The van der Waals surface area contributed by atoms with Gasteiger partial charge in [-0.3, -0.25) is 0 Å². The lowest BCUT2D eigenvalue weighted by molar-refractivity contribution is 0.0393. The van der Waals surface area contributed by atoms with E-state index in [4.69, 9.17) is 4.74 Å². The summed E-state index contributed by atoms with van der Waals surface area (Å²) in [5.74, 6) is 1.13. The molecule has 0 atom stereocenters. The molecule has 1 aliphatic heterocycles. The minimum Gasteiger partial charge on any atom is -0.376 e. The molecule has 5 heteroatoms. The highest BCUT2D eigenvalue weighted by molar-refractivity contribution is 5.28. The molecule has 0 spiro atoms. The normalized spacial score (nSPS) is 16.6. The van der Waals surface area contributed by atoms with E-state index in [9.17, 15) is 0 Å². The molecule has 20 heavy (non-hydrogen) atoms. The Kier molecular flexibility index (Phi) is 5.73. The highest BCUT2D eigenvalue weighted by Gasteiger charge is 2.12. The highest BCUT2D eigenvalue weighted by atomic mass is 16.5. The second-order valence-corrected chi connectivity index (χ2v) is 5.66. The van der Waals surface area contributed by atoms with Crippen LogP contribution in [0, 0.1) is 6.92 Å². The third kappa shape index (κ3) is 4.72. The van der Waals surface area contributed by atoms with E-state index in [-0.39, 0.29) is 0 Å². The molecule has 112 valence electrons. The molecule has 0 amide bonds. The molecular formula is C15H26N4O. The van der Waals surface area contributed by atoms with Gasteiger partial charge in [-0.2, -0.15) is 0 Å².